The highest BCUT2D eigenvalue weighted by atomic mass is 32.1. The first kappa shape index (κ1) is 39.2. The van der Waals surface area contributed by atoms with Gasteiger partial charge in [-0.05, 0) is 109 Å². The zero-order valence-corrected chi connectivity index (χ0v) is 34.4. The number of methoxy groups -OCH3 is 1. The molecule has 0 amide bonds. The van der Waals surface area contributed by atoms with Crippen molar-refractivity contribution in [1.82, 2.24) is 10.2 Å². The largest absolute Gasteiger partial charge is 0.497 e. The average molecular weight is 757 g/mol. The molecule has 54 heavy (non-hydrogen) atoms. The highest BCUT2D eigenvalue weighted by Crippen LogP contribution is 2.41. The molecule has 0 saturated carbocycles. The highest BCUT2D eigenvalue weighted by Gasteiger charge is 2.17. The molecule has 0 saturated heterocycles. The van der Waals surface area contributed by atoms with Gasteiger partial charge in [-0.1, -0.05) is 89.8 Å². The van der Waals surface area contributed by atoms with Gasteiger partial charge in [-0.25, -0.2) is 0 Å². The van der Waals surface area contributed by atoms with Crippen molar-refractivity contribution in [2.24, 2.45) is 0 Å². The van der Waals surface area contributed by atoms with Crippen LogP contribution >= 0.6 is 22.7 Å². The molecule has 0 bridgehead atoms. The van der Waals surface area contributed by atoms with Crippen LogP contribution in [0.5, 0.6) is 5.75 Å². The summed E-state index contributed by atoms with van der Waals surface area (Å²) in [7, 11) is 1.71. The Hall–Kier alpha value is -4.46. The fourth-order valence-corrected chi connectivity index (χ4v) is 8.72. The van der Waals surface area contributed by atoms with Crippen LogP contribution in [0.2, 0.25) is 0 Å². The summed E-state index contributed by atoms with van der Waals surface area (Å²) in [5.74, 6) is 0.833. The summed E-state index contributed by atoms with van der Waals surface area (Å²) in [5.41, 5.74) is 9.01. The SMILES string of the molecule is CCCCN(CCCC)c1ccc(-c2ccc(-c3cc(-c4ccc(OC)cc4)c(-c4ccc(-c5ccc(N(CCCC)CCCC)cc5)s4)nn3)s2)cc1. The first-order valence-corrected chi connectivity index (χ1v) is 21.6. The van der Waals surface area contributed by atoms with Crippen LogP contribution in [-0.2, 0) is 0 Å². The van der Waals surface area contributed by atoms with E-state index in [9.17, 15) is 0 Å². The van der Waals surface area contributed by atoms with Crippen molar-refractivity contribution in [3.63, 3.8) is 0 Å². The summed E-state index contributed by atoms with van der Waals surface area (Å²) in [6.07, 6.45) is 9.72. The van der Waals surface area contributed by atoms with Gasteiger partial charge in [-0.3, -0.25) is 0 Å². The van der Waals surface area contributed by atoms with Crippen molar-refractivity contribution in [3.05, 3.63) is 103 Å². The number of aromatic nitrogens is 2. The molecule has 0 N–H and O–H groups in total. The zero-order chi connectivity index (χ0) is 37.7. The van der Waals surface area contributed by atoms with Crippen molar-refractivity contribution >= 4 is 34.0 Å². The lowest BCUT2D eigenvalue weighted by Gasteiger charge is -2.24. The molecule has 6 aromatic rings. The molecule has 0 unspecified atom stereocenters. The zero-order valence-electron chi connectivity index (χ0n) is 32.8. The maximum Gasteiger partial charge on any atom is 0.118 e. The molecule has 3 heterocycles. The Kier molecular flexibility index (Phi) is 14.3. The van der Waals surface area contributed by atoms with Crippen LogP contribution < -0.4 is 14.5 Å². The second-order valence-electron chi connectivity index (χ2n) is 14.0. The van der Waals surface area contributed by atoms with E-state index in [1.807, 2.05) is 12.1 Å². The molecule has 5 nitrogen and oxygen atoms in total. The molecule has 3 aromatic carbocycles. The van der Waals surface area contributed by atoms with Crippen LogP contribution in [0.25, 0.3) is 53.2 Å². The van der Waals surface area contributed by atoms with E-state index in [1.54, 1.807) is 29.8 Å². The second kappa shape index (κ2) is 19.7. The first-order valence-electron chi connectivity index (χ1n) is 20.0. The van der Waals surface area contributed by atoms with E-state index in [-0.39, 0.29) is 0 Å². The van der Waals surface area contributed by atoms with Gasteiger partial charge in [0.15, 0.2) is 0 Å². The van der Waals surface area contributed by atoms with Crippen molar-refractivity contribution < 1.29 is 4.74 Å². The second-order valence-corrected chi connectivity index (χ2v) is 16.2. The standard InChI is InChI=1S/C47H56N4OS2/c1-6-10-30-50(31-11-7-2)38-20-14-36(15-21-38)43-26-28-45(53-43)42-34-41(35-18-24-40(52-5)25-19-35)47(49-48-42)46-29-27-44(54-46)37-16-22-39(23-17-37)51(32-12-8-3)33-13-9-4/h14-29,34H,6-13,30-33H2,1-5H3. The number of rotatable bonds is 20. The predicted octanol–water partition coefficient (Wildman–Crippen LogP) is 13.8. The number of thiophene rings is 2. The number of anilines is 2. The Labute approximate surface area is 331 Å². The monoisotopic (exact) mass is 756 g/mol. The van der Waals surface area contributed by atoms with Crippen LogP contribution in [0.1, 0.15) is 79.1 Å². The minimum atomic E-state index is 0.833. The molecule has 0 aliphatic heterocycles. The molecular formula is C47H56N4OS2. The lowest BCUT2D eigenvalue weighted by atomic mass is 10.0. The molecule has 0 radical (unpaired) electrons. The first-order chi connectivity index (χ1) is 26.5. The number of nitrogens with zero attached hydrogens (tertiary/aromatic N) is 4. The van der Waals surface area contributed by atoms with Gasteiger partial charge < -0.3 is 14.5 Å². The van der Waals surface area contributed by atoms with Gasteiger partial charge in [-0.2, -0.15) is 0 Å². The van der Waals surface area contributed by atoms with E-state index < -0.39 is 0 Å². The molecule has 0 aliphatic rings. The lowest BCUT2D eigenvalue weighted by Crippen LogP contribution is -2.25. The average Bonchev–Trinajstić information content (AvgIpc) is 3.93. The van der Waals surface area contributed by atoms with E-state index in [0.717, 1.165) is 64.2 Å². The van der Waals surface area contributed by atoms with Crippen LogP contribution in [0.4, 0.5) is 11.4 Å². The van der Waals surface area contributed by atoms with Crippen LogP contribution in [0.3, 0.4) is 0 Å². The van der Waals surface area contributed by atoms with Crippen molar-refractivity contribution in [3.8, 4) is 58.9 Å². The fraction of sp³-hybridized carbons (Fsp3) is 0.362. The predicted molar refractivity (Wildman–Crippen MR) is 236 cm³/mol. The van der Waals surface area contributed by atoms with Gasteiger partial charge in [0.1, 0.15) is 17.1 Å². The number of hydrogen-bond donors (Lipinski definition) is 0. The normalized spacial score (nSPS) is 11.2. The van der Waals surface area contributed by atoms with Crippen LogP contribution in [0, 0.1) is 0 Å². The summed E-state index contributed by atoms with van der Waals surface area (Å²) in [4.78, 5) is 9.75. The van der Waals surface area contributed by atoms with E-state index in [2.05, 4.69) is 128 Å². The van der Waals surface area contributed by atoms with E-state index in [0.29, 0.717) is 0 Å². The fourth-order valence-electron chi connectivity index (χ4n) is 6.74. The molecule has 282 valence electrons. The molecule has 6 rings (SSSR count). The van der Waals surface area contributed by atoms with Crippen molar-refractivity contribution in [1.29, 1.82) is 0 Å². The number of hydrogen-bond acceptors (Lipinski definition) is 7. The van der Waals surface area contributed by atoms with Gasteiger partial charge in [0, 0.05) is 52.9 Å². The molecule has 7 heteroatoms. The van der Waals surface area contributed by atoms with Gasteiger partial charge in [0.05, 0.1) is 16.9 Å². The van der Waals surface area contributed by atoms with Crippen LogP contribution in [-0.4, -0.2) is 43.5 Å². The minimum absolute atomic E-state index is 0.833. The Balaban J connectivity index is 1.27. The summed E-state index contributed by atoms with van der Waals surface area (Å²) in [6, 6.07) is 37.5. The molecule has 0 fully saturated rings. The maximum atomic E-state index is 5.50. The number of unbranched alkanes of at least 4 members (excludes halogenated alkanes) is 4. The van der Waals surface area contributed by atoms with E-state index in [1.165, 1.54) is 83.6 Å². The topological polar surface area (TPSA) is 41.5 Å². The maximum absolute atomic E-state index is 5.50. The Morgan fingerprint density at radius 3 is 1.37 bits per heavy atom. The molecule has 0 spiro atoms. The van der Waals surface area contributed by atoms with Gasteiger partial charge in [0.25, 0.3) is 0 Å². The lowest BCUT2D eigenvalue weighted by molar-refractivity contribution is 0.415. The summed E-state index contributed by atoms with van der Waals surface area (Å²) in [6.45, 7) is 13.5. The molecular weight excluding hydrogens is 701 g/mol. The third-order valence-corrected chi connectivity index (χ3v) is 12.4. The summed E-state index contributed by atoms with van der Waals surface area (Å²) < 4.78 is 5.50. The van der Waals surface area contributed by atoms with Gasteiger partial charge in [-0.15, -0.1) is 32.9 Å². The Morgan fingerprint density at radius 1 is 0.481 bits per heavy atom. The minimum Gasteiger partial charge on any atom is -0.497 e. The van der Waals surface area contributed by atoms with Crippen molar-refractivity contribution in [2.45, 2.75) is 79.1 Å². The Morgan fingerprint density at radius 2 is 0.907 bits per heavy atom. The number of ether oxygens (including phenoxy) is 1. The van der Waals surface area contributed by atoms with E-state index in [4.69, 9.17) is 14.9 Å². The summed E-state index contributed by atoms with van der Waals surface area (Å²) in [5, 5.41) is 9.77. The number of benzene rings is 3. The van der Waals surface area contributed by atoms with Gasteiger partial charge in [0.2, 0.25) is 0 Å². The third kappa shape index (κ3) is 9.79. The molecule has 0 aliphatic carbocycles. The van der Waals surface area contributed by atoms with Crippen LogP contribution in [0.15, 0.2) is 103 Å². The quantitative estimate of drug-likeness (QED) is 0.0776. The molecule has 3 aromatic heterocycles. The summed E-state index contributed by atoms with van der Waals surface area (Å²) >= 11 is 3.54. The highest BCUT2D eigenvalue weighted by molar-refractivity contribution is 7.19. The smallest absolute Gasteiger partial charge is 0.118 e. The van der Waals surface area contributed by atoms with Crippen molar-refractivity contribution in [2.75, 3.05) is 43.1 Å². The van der Waals surface area contributed by atoms with E-state index >= 15 is 0 Å². The van der Waals surface area contributed by atoms with Gasteiger partial charge >= 0.3 is 0 Å². The Bertz CT molecular complexity index is 2000. The molecule has 0 atom stereocenters. The third-order valence-electron chi connectivity index (χ3n) is 10.1.